The van der Waals surface area contributed by atoms with Crippen LogP contribution in [0.2, 0.25) is 0 Å². The van der Waals surface area contributed by atoms with Crippen LogP contribution in [0.1, 0.15) is 34.9 Å². The molecule has 1 aliphatic carbocycles. The minimum Gasteiger partial charge on any atom is -0.465 e. The van der Waals surface area contributed by atoms with Crippen molar-refractivity contribution in [3.63, 3.8) is 0 Å². The van der Waals surface area contributed by atoms with Crippen LogP contribution in [0, 0.1) is 6.92 Å². The maximum atomic E-state index is 10.7. The fourth-order valence-electron chi connectivity index (χ4n) is 3.17. The lowest BCUT2D eigenvalue weighted by Gasteiger charge is -2.27. The van der Waals surface area contributed by atoms with E-state index in [0.29, 0.717) is 6.54 Å². The first-order valence-corrected chi connectivity index (χ1v) is 8.68. The van der Waals surface area contributed by atoms with Crippen LogP contribution in [0.4, 0.5) is 16.3 Å². The average Bonchev–Trinajstić information content (AvgIpc) is 2.98. The quantitative estimate of drug-likeness (QED) is 0.891. The van der Waals surface area contributed by atoms with Gasteiger partial charge >= 0.3 is 6.09 Å². The van der Waals surface area contributed by atoms with Gasteiger partial charge in [0.1, 0.15) is 5.82 Å². The summed E-state index contributed by atoms with van der Waals surface area (Å²) < 4.78 is 0. The molecule has 2 N–H and O–H groups in total. The zero-order chi connectivity index (χ0) is 16.4. The maximum Gasteiger partial charge on any atom is 0.404 e. The molecule has 0 unspecified atom stereocenters. The van der Waals surface area contributed by atoms with E-state index in [1.807, 2.05) is 14.0 Å². The SMILES string of the molecule is Cc1nc(N(C)c2ccc3c(c2)CCC[C@H]3CNC(=O)O)cs1. The minimum absolute atomic E-state index is 0.274. The molecule has 3 rings (SSSR count). The highest BCUT2D eigenvalue weighted by molar-refractivity contribution is 7.09. The topological polar surface area (TPSA) is 65.5 Å². The molecule has 122 valence electrons. The van der Waals surface area contributed by atoms with Gasteiger partial charge in [0.25, 0.3) is 0 Å². The molecule has 1 atom stereocenters. The van der Waals surface area contributed by atoms with Crippen molar-refractivity contribution < 1.29 is 9.90 Å². The first-order valence-electron chi connectivity index (χ1n) is 7.80. The van der Waals surface area contributed by atoms with E-state index in [1.165, 1.54) is 11.1 Å². The van der Waals surface area contributed by atoms with Crippen molar-refractivity contribution in [3.05, 3.63) is 39.7 Å². The number of carbonyl (C=O) groups is 1. The van der Waals surface area contributed by atoms with Gasteiger partial charge in [-0.2, -0.15) is 0 Å². The van der Waals surface area contributed by atoms with Gasteiger partial charge in [0, 0.05) is 30.6 Å². The van der Waals surface area contributed by atoms with Crippen LogP contribution in [-0.4, -0.2) is 29.8 Å². The zero-order valence-corrected chi connectivity index (χ0v) is 14.2. The largest absolute Gasteiger partial charge is 0.465 e. The van der Waals surface area contributed by atoms with Gasteiger partial charge in [0.05, 0.1) is 5.01 Å². The van der Waals surface area contributed by atoms with Crippen LogP contribution >= 0.6 is 11.3 Å². The van der Waals surface area contributed by atoms with Crippen molar-refractivity contribution >= 4 is 28.9 Å². The highest BCUT2D eigenvalue weighted by Crippen LogP contribution is 2.35. The molecule has 1 aromatic heterocycles. The number of hydrogen-bond donors (Lipinski definition) is 2. The van der Waals surface area contributed by atoms with Crippen LogP contribution in [0.5, 0.6) is 0 Å². The molecule has 23 heavy (non-hydrogen) atoms. The lowest BCUT2D eigenvalue weighted by Crippen LogP contribution is -2.28. The van der Waals surface area contributed by atoms with E-state index in [9.17, 15) is 4.79 Å². The first kappa shape index (κ1) is 15.8. The lowest BCUT2D eigenvalue weighted by atomic mass is 9.82. The maximum absolute atomic E-state index is 10.7. The second kappa shape index (κ2) is 6.58. The second-order valence-electron chi connectivity index (χ2n) is 5.94. The highest BCUT2D eigenvalue weighted by atomic mass is 32.1. The Bertz CT molecular complexity index is 714. The molecule has 1 amide bonds. The molecule has 0 spiro atoms. The van der Waals surface area contributed by atoms with E-state index < -0.39 is 6.09 Å². The van der Waals surface area contributed by atoms with Crippen LogP contribution in [0.25, 0.3) is 0 Å². The number of carboxylic acid groups (broad SMARTS) is 1. The Morgan fingerprint density at radius 3 is 3.04 bits per heavy atom. The monoisotopic (exact) mass is 331 g/mol. The number of aryl methyl sites for hydroxylation is 2. The van der Waals surface area contributed by atoms with Gasteiger partial charge in [-0.3, -0.25) is 0 Å². The van der Waals surface area contributed by atoms with E-state index in [4.69, 9.17) is 5.11 Å². The Morgan fingerprint density at radius 2 is 2.35 bits per heavy atom. The van der Waals surface area contributed by atoms with Crippen molar-refractivity contribution in [1.82, 2.24) is 10.3 Å². The number of amides is 1. The Labute approximate surface area is 140 Å². The molecule has 6 heteroatoms. The molecule has 0 aliphatic heterocycles. The molecule has 0 radical (unpaired) electrons. The van der Waals surface area contributed by atoms with Gasteiger partial charge in [-0.1, -0.05) is 6.07 Å². The van der Waals surface area contributed by atoms with Gasteiger partial charge < -0.3 is 15.3 Å². The molecule has 0 saturated carbocycles. The highest BCUT2D eigenvalue weighted by Gasteiger charge is 2.21. The summed E-state index contributed by atoms with van der Waals surface area (Å²) in [7, 11) is 2.03. The summed E-state index contributed by atoms with van der Waals surface area (Å²) >= 11 is 1.65. The Balaban J connectivity index is 1.82. The van der Waals surface area contributed by atoms with E-state index in [2.05, 4.69) is 38.8 Å². The number of nitrogens with zero attached hydrogens (tertiary/aromatic N) is 2. The Morgan fingerprint density at radius 1 is 1.52 bits per heavy atom. The number of rotatable bonds is 4. The van der Waals surface area contributed by atoms with Crippen LogP contribution < -0.4 is 10.2 Å². The minimum atomic E-state index is -0.952. The predicted molar refractivity (Wildman–Crippen MR) is 93.1 cm³/mol. The first-order chi connectivity index (χ1) is 11.0. The molecule has 5 nitrogen and oxygen atoms in total. The van der Waals surface area contributed by atoms with Crippen molar-refractivity contribution in [3.8, 4) is 0 Å². The number of aromatic nitrogens is 1. The third kappa shape index (κ3) is 3.47. The molecule has 1 heterocycles. The second-order valence-corrected chi connectivity index (χ2v) is 7.00. The molecular weight excluding hydrogens is 310 g/mol. The van der Waals surface area contributed by atoms with Crippen molar-refractivity contribution in [2.75, 3.05) is 18.5 Å². The van der Waals surface area contributed by atoms with Crippen LogP contribution in [0.15, 0.2) is 23.6 Å². The summed E-state index contributed by atoms with van der Waals surface area (Å²) in [5.41, 5.74) is 3.72. The molecule has 1 aliphatic rings. The normalized spacial score (nSPS) is 16.7. The Hall–Kier alpha value is -2.08. The number of thiazole rings is 1. The van der Waals surface area contributed by atoms with Crippen molar-refractivity contribution in [1.29, 1.82) is 0 Å². The number of benzene rings is 1. The third-order valence-electron chi connectivity index (χ3n) is 4.40. The fourth-order valence-corrected chi connectivity index (χ4v) is 3.80. The summed E-state index contributed by atoms with van der Waals surface area (Å²) in [6.45, 7) is 2.50. The third-order valence-corrected chi connectivity index (χ3v) is 5.16. The van der Waals surface area contributed by atoms with Crippen molar-refractivity contribution in [2.45, 2.75) is 32.1 Å². The van der Waals surface area contributed by atoms with E-state index in [-0.39, 0.29) is 5.92 Å². The smallest absolute Gasteiger partial charge is 0.404 e. The van der Waals surface area contributed by atoms with E-state index in [0.717, 1.165) is 35.8 Å². The lowest BCUT2D eigenvalue weighted by molar-refractivity contribution is 0.193. The van der Waals surface area contributed by atoms with Gasteiger partial charge in [-0.15, -0.1) is 11.3 Å². The van der Waals surface area contributed by atoms with Crippen LogP contribution in [-0.2, 0) is 6.42 Å². The summed E-state index contributed by atoms with van der Waals surface area (Å²) in [6, 6.07) is 6.47. The summed E-state index contributed by atoms with van der Waals surface area (Å²) in [4.78, 5) is 17.4. The number of fused-ring (bicyclic) bond motifs is 1. The predicted octanol–water partition coefficient (Wildman–Crippen LogP) is 3.91. The zero-order valence-electron chi connectivity index (χ0n) is 13.4. The summed E-state index contributed by atoms with van der Waals surface area (Å²) in [5, 5.41) is 14.5. The fraction of sp³-hybridized carbons (Fsp3) is 0.412. The molecule has 1 aromatic carbocycles. The van der Waals surface area contributed by atoms with Gasteiger partial charge in [-0.25, -0.2) is 9.78 Å². The molecule has 2 aromatic rings. The molecule has 0 saturated heterocycles. The summed E-state index contributed by atoms with van der Waals surface area (Å²) in [6.07, 6.45) is 2.24. The molecule has 0 bridgehead atoms. The van der Waals surface area contributed by atoms with E-state index >= 15 is 0 Å². The standard InChI is InChI=1S/C17H21N3O2S/c1-11-19-16(10-23-11)20(2)14-6-7-15-12(8-14)4-3-5-13(15)9-18-17(21)22/h6-8,10,13,18H,3-5,9H2,1-2H3,(H,21,22)/t13-/m0/s1. The van der Waals surface area contributed by atoms with Crippen molar-refractivity contribution in [2.24, 2.45) is 0 Å². The van der Waals surface area contributed by atoms with Gasteiger partial charge in [0.15, 0.2) is 0 Å². The number of nitrogens with one attached hydrogen (secondary N) is 1. The average molecular weight is 331 g/mol. The summed E-state index contributed by atoms with van der Waals surface area (Å²) in [5.74, 6) is 1.24. The number of anilines is 2. The van der Waals surface area contributed by atoms with Crippen LogP contribution in [0.3, 0.4) is 0 Å². The molecule has 0 fully saturated rings. The van der Waals surface area contributed by atoms with Gasteiger partial charge in [0.2, 0.25) is 0 Å². The Kier molecular flexibility index (Phi) is 4.52. The number of hydrogen-bond acceptors (Lipinski definition) is 4. The van der Waals surface area contributed by atoms with E-state index in [1.54, 1.807) is 11.3 Å². The molecular formula is C17H21N3O2S. The van der Waals surface area contributed by atoms with Gasteiger partial charge in [-0.05, 0) is 49.4 Å².